The highest BCUT2D eigenvalue weighted by molar-refractivity contribution is 5.95. The number of aromatic nitrogens is 2. The summed E-state index contributed by atoms with van der Waals surface area (Å²) in [7, 11) is 0. The van der Waals surface area contributed by atoms with Crippen LogP contribution < -0.4 is 15.0 Å². The molecule has 33 heavy (non-hydrogen) atoms. The summed E-state index contributed by atoms with van der Waals surface area (Å²) < 4.78 is 11.3. The van der Waals surface area contributed by atoms with E-state index >= 15 is 0 Å². The van der Waals surface area contributed by atoms with Gasteiger partial charge in [-0.1, -0.05) is 19.0 Å². The summed E-state index contributed by atoms with van der Waals surface area (Å²) in [5.74, 6) is 2.15. The van der Waals surface area contributed by atoms with Crippen molar-refractivity contribution < 1.29 is 24.3 Å². The van der Waals surface area contributed by atoms with Crippen LogP contribution in [0.1, 0.15) is 67.2 Å². The number of amides is 1. The third kappa shape index (κ3) is 7.17. The number of hydrogen-bond acceptors (Lipinski definition) is 8. The number of anilines is 1. The van der Waals surface area contributed by atoms with Crippen molar-refractivity contribution in [2.75, 3.05) is 37.7 Å². The maximum atomic E-state index is 12.2. The van der Waals surface area contributed by atoms with Crippen molar-refractivity contribution >= 4 is 11.9 Å². The molecule has 0 unspecified atom stereocenters. The van der Waals surface area contributed by atoms with Crippen LogP contribution in [-0.4, -0.2) is 65.2 Å². The fraction of sp³-hybridized carbons (Fsp3) is 0.625. The van der Waals surface area contributed by atoms with Gasteiger partial charge < -0.3 is 29.7 Å². The van der Waals surface area contributed by atoms with Crippen LogP contribution in [0.5, 0.6) is 5.75 Å². The molecule has 0 bridgehead atoms. The van der Waals surface area contributed by atoms with Gasteiger partial charge in [0.1, 0.15) is 5.75 Å². The number of aliphatic hydroxyl groups excluding tert-OH is 2. The van der Waals surface area contributed by atoms with Crippen LogP contribution in [0.15, 0.2) is 22.7 Å². The van der Waals surface area contributed by atoms with E-state index in [2.05, 4.69) is 34.2 Å². The highest BCUT2D eigenvalue weighted by Gasteiger charge is 2.23. The molecule has 1 saturated heterocycles. The third-order valence-electron chi connectivity index (χ3n) is 6.01. The Morgan fingerprint density at radius 2 is 2.09 bits per heavy atom. The Hall–Kier alpha value is -2.65. The lowest BCUT2D eigenvalue weighted by molar-refractivity contribution is 0.0801. The molecule has 0 aliphatic carbocycles. The van der Waals surface area contributed by atoms with Gasteiger partial charge in [0.25, 0.3) is 5.91 Å². The molecule has 182 valence electrons. The van der Waals surface area contributed by atoms with Gasteiger partial charge in [-0.3, -0.25) is 4.79 Å². The van der Waals surface area contributed by atoms with Crippen molar-refractivity contribution in [1.82, 2.24) is 15.5 Å². The fourth-order valence-electron chi connectivity index (χ4n) is 3.92. The Balaban J connectivity index is 1.36. The van der Waals surface area contributed by atoms with Gasteiger partial charge in [0.05, 0.1) is 19.3 Å². The van der Waals surface area contributed by atoms with Crippen molar-refractivity contribution in [2.45, 2.75) is 58.5 Å². The van der Waals surface area contributed by atoms with E-state index in [9.17, 15) is 9.90 Å². The number of nitrogens with zero attached hydrogens (tertiary/aromatic N) is 3. The first-order chi connectivity index (χ1) is 15.9. The summed E-state index contributed by atoms with van der Waals surface area (Å²) in [6.07, 6.45) is 3.34. The van der Waals surface area contributed by atoms with Gasteiger partial charge in [0, 0.05) is 31.1 Å². The van der Waals surface area contributed by atoms with E-state index in [1.807, 2.05) is 13.0 Å². The second-order valence-corrected chi connectivity index (χ2v) is 9.03. The minimum atomic E-state index is -0.958. The van der Waals surface area contributed by atoms with Gasteiger partial charge >= 0.3 is 6.01 Å². The molecule has 1 aromatic carbocycles. The van der Waals surface area contributed by atoms with Gasteiger partial charge in [0.2, 0.25) is 0 Å². The number of rotatable bonds is 11. The average Bonchev–Trinajstić information content (AvgIpc) is 3.31. The zero-order valence-corrected chi connectivity index (χ0v) is 19.8. The van der Waals surface area contributed by atoms with Gasteiger partial charge in [-0.25, -0.2) is 0 Å². The molecular formula is C24H36N4O5. The summed E-state index contributed by atoms with van der Waals surface area (Å²) in [5, 5.41) is 24.9. The van der Waals surface area contributed by atoms with Gasteiger partial charge in [-0.15, -0.1) is 0 Å². The number of carbonyl (C=O) groups is 1. The lowest BCUT2D eigenvalue weighted by Crippen LogP contribution is -2.34. The molecule has 9 heteroatoms. The van der Waals surface area contributed by atoms with Gasteiger partial charge in [-0.2, -0.15) is 4.98 Å². The molecule has 0 radical (unpaired) electrons. The summed E-state index contributed by atoms with van der Waals surface area (Å²) in [6, 6.07) is 6.01. The number of piperidine rings is 1. The molecule has 0 spiro atoms. The molecule has 1 aliphatic heterocycles. The minimum absolute atomic E-state index is 0.0137. The van der Waals surface area contributed by atoms with Crippen LogP contribution in [0.2, 0.25) is 0 Å². The highest BCUT2D eigenvalue weighted by Crippen LogP contribution is 2.26. The lowest BCUT2D eigenvalue weighted by Gasteiger charge is -2.30. The van der Waals surface area contributed by atoms with E-state index in [0.29, 0.717) is 24.1 Å². The number of ether oxygens (including phenoxy) is 1. The first kappa shape index (κ1) is 25.0. The molecule has 9 nitrogen and oxygen atoms in total. The molecule has 1 fully saturated rings. The number of carbonyl (C=O) groups excluding carboxylic acids is 1. The second-order valence-electron chi connectivity index (χ2n) is 9.03. The van der Waals surface area contributed by atoms with Crippen molar-refractivity contribution in [1.29, 1.82) is 0 Å². The Kier molecular flexibility index (Phi) is 9.08. The summed E-state index contributed by atoms with van der Waals surface area (Å²) in [6.45, 7) is 8.10. The molecule has 3 N–H and O–H groups in total. The predicted molar refractivity (Wildman–Crippen MR) is 125 cm³/mol. The number of hydrogen-bond donors (Lipinski definition) is 3. The van der Waals surface area contributed by atoms with Crippen LogP contribution in [0, 0.1) is 12.8 Å². The van der Waals surface area contributed by atoms with Crippen LogP contribution >= 0.6 is 0 Å². The van der Waals surface area contributed by atoms with Crippen molar-refractivity contribution in [3.63, 3.8) is 0 Å². The second kappa shape index (κ2) is 12.0. The largest absolute Gasteiger partial charge is 0.494 e. The zero-order chi connectivity index (χ0) is 23.8. The maximum Gasteiger partial charge on any atom is 0.324 e. The van der Waals surface area contributed by atoms with Crippen LogP contribution in [-0.2, 0) is 0 Å². The SMILES string of the molecule is Cc1cc(OCCCC2CCN(c3nc(C(C)C)no3)CC2)ccc1C(=O)NC[C@@H](O)CO. The van der Waals surface area contributed by atoms with Gasteiger partial charge in [0.15, 0.2) is 5.82 Å². The normalized spacial score (nSPS) is 15.6. The van der Waals surface area contributed by atoms with Crippen LogP contribution in [0.4, 0.5) is 6.01 Å². The molecule has 1 aliphatic rings. The molecule has 0 saturated carbocycles. The van der Waals surface area contributed by atoms with Crippen molar-refractivity contribution in [3.05, 3.63) is 35.2 Å². The standard InChI is InChI=1S/C24H36N4O5/c1-16(2)22-26-24(33-27-22)28-10-8-18(9-11-28)5-4-12-32-20-6-7-21(17(3)13-20)23(31)25-14-19(30)15-29/h6-7,13,16,18-19,29-30H,4-5,8-12,14-15H2,1-3H3,(H,25,31)/t19-/m1/s1. The Morgan fingerprint density at radius 1 is 1.33 bits per heavy atom. The molecule has 2 heterocycles. The van der Waals surface area contributed by atoms with E-state index in [1.54, 1.807) is 12.1 Å². The number of aliphatic hydroxyl groups is 2. The number of aryl methyl sites for hydroxylation is 1. The first-order valence-corrected chi connectivity index (χ1v) is 11.8. The minimum Gasteiger partial charge on any atom is -0.494 e. The highest BCUT2D eigenvalue weighted by atomic mass is 16.5. The van der Waals surface area contributed by atoms with Crippen molar-refractivity contribution in [3.8, 4) is 5.75 Å². The van der Waals surface area contributed by atoms with Gasteiger partial charge in [-0.05, 0) is 62.3 Å². The maximum absolute atomic E-state index is 12.2. The van der Waals surface area contributed by atoms with Crippen LogP contribution in [0.25, 0.3) is 0 Å². The fourth-order valence-corrected chi connectivity index (χ4v) is 3.92. The average molecular weight is 461 g/mol. The molecule has 2 aromatic rings. The van der Waals surface area contributed by atoms with Crippen LogP contribution in [0.3, 0.4) is 0 Å². The molecule has 1 amide bonds. The topological polar surface area (TPSA) is 121 Å². The van der Waals surface area contributed by atoms with E-state index < -0.39 is 6.10 Å². The molecule has 3 rings (SSSR count). The number of nitrogens with one attached hydrogen (secondary N) is 1. The molecular weight excluding hydrogens is 424 g/mol. The van der Waals surface area contributed by atoms with E-state index in [0.717, 1.165) is 55.9 Å². The number of benzene rings is 1. The Labute approximate surface area is 195 Å². The zero-order valence-electron chi connectivity index (χ0n) is 19.8. The third-order valence-corrected chi connectivity index (χ3v) is 6.01. The Bertz CT molecular complexity index is 893. The van der Waals surface area contributed by atoms with Crippen molar-refractivity contribution in [2.24, 2.45) is 5.92 Å². The Morgan fingerprint density at radius 3 is 2.73 bits per heavy atom. The smallest absolute Gasteiger partial charge is 0.324 e. The summed E-state index contributed by atoms with van der Waals surface area (Å²) in [5.41, 5.74) is 1.33. The predicted octanol–water partition coefficient (Wildman–Crippen LogP) is 2.66. The summed E-state index contributed by atoms with van der Waals surface area (Å²) >= 11 is 0. The quantitative estimate of drug-likeness (QED) is 0.438. The first-order valence-electron chi connectivity index (χ1n) is 11.8. The molecule has 1 aromatic heterocycles. The molecule has 1 atom stereocenters. The summed E-state index contributed by atoms with van der Waals surface area (Å²) in [4.78, 5) is 18.9. The van der Waals surface area contributed by atoms with E-state index in [-0.39, 0.29) is 25.0 Å². The van der Waals surface area contributed by atoms with E-state index in [1.165, 1.54) is 0 Å². The monoisotopic (exact) mass is 460 g/mol. The lowest BCUT2D eigenvalue weighted by atomic mass is 9.92. The van der Waals surface area contributed by atoms with E-state index in [4.69, 9.17) is 14.4 Å².